The van der Waals surface area contributed by atoms with Crippen LogP contribution < -0.4 is 15.4 Å². The molecule has 7 heteroatoms. The molecular formula is C30H30ClN3O2S. The molecule has 4 aromatic carbocycles. The van der Waals surface area contributed by atoms with Gasteiger partial charge in [0.25, 0.3) is 5.91 Å². The van der Waals surface area contributed by atoms with Gasteiger partial charge < -0.3 is 10.6 Å². The van der Waals surface area contributed by atoms with Crippen molar-refractivity contribution in [2.45, 2.75) is 43.7 Å². The first-order valence-corrected chi connectivity index (χ1v) is 13.3. The quantitative estimate of drug-likeness (QED) is 0.217. The molecule has 0 bridgehead atoms. The molecule has 0 spiro atoms. The van der Waals surface area contributed by atoms with E-state index in [9.17, 15) is 9.59 Å². The average molecular weight is 532 g/mol. The molecule has 5 nitrogen and oxygen atoms in total. The molecule has 0 heterocycles. The molecule has 37 heavy (non-hydrogen) atoms. The number of rotatable bonds is 8. The molecule has 190 valence electrons. The second kappa shape index (κ2) is 11.8. The molecule has 0 aliphatic heterocycles. The van der Waals surface area contributed by atoms with Crippen LogP contribution in [0.2, 0.25) is 5.02 Å². The minimum absolute atomic E-state index is 0.0540. The number of fused-ring (bicyclic) bond motifs is 1. The van der Waals surface area contributed by atoms with Crippen LogP contribution in [0, 0.1) is 0 Å². The normalized spacial score (nSPS) is 12.2. The van der Waals surface area contributed by atoms with Gasteiger partial charge in [-0.05, 0) is 74.0 Å². The van der Waals surface area contributed by atoms with Crippen molar-refractivity contribution in [3.8, 4) is 0 Å². The summed E-state index contributed by atoms with van der Waals surface area (Å²) < 4.78 is 3.45. The third-order valence-corrected chi connectivity index (χ3v) is 7.31. The van der Waals surface area contributed by atoms with Crippen LogP contribution >= 0.6 is 23.5 Å². The zero-order chi connectivity index (χ0) is 26.4. The first-order valence-electron chi connectivity index (χ1n) is 12.1. The molecule has 1 atom stereocenters. The first-order chi connectivity index (χ1) is 17.7. The van der Waals surface area contributed by atoms with Crippen LogP contribution in [0.4, 0.5) is 5.69 Å². The zero-order valence-electron chi connectivity index (χ0n) is 21.0. The van der Waals surface area contributed by atoms with E-state index in [4.69, 9.17) is 11.6 Å². The van der Waals surface area contributed by atoms with Gasteiger partial charge in [0.1, 0.15) is 6.04 Å². The van der Waals surface area contributed by atoms with Gasteiger partial charge in [-0.25, -0.2) is 0 Å². The molecule has 0 saturated heterocycles. The Morgan fingerprint density at radius 1 is 0.838 bits per heavy atom. The fourth-order valence-electron chi connectivity index (χ4n) is 3.83. The predicted octanol–water partition coefficient (Wildman–Crippen LogP) is 6.87. The fraction of sp³-hybridized carbons (Fsp3) is 0.200. The van der Waals surface area contributed by atoms with Crippen molar-refractivity contribution >= 4 is 51.8 Å². The number of hydrogen-bond acceptors (Lipinski definition) is 4. The number of anilines is 1. The van der Waals surface area contributed by atoms with Crippen LogP contribution in [0.25, 0.3) is 10.8 Å². The first kappa shape index (κ1) is 26.7. The van der Waals surface area contributed by atoms with Gasteiger partial charge in [0, 0.05) is 38.5 Å². The van der Waals surface area contributed by atoms with Crippen LogP contribution in [0.1, 0.15) is 36.7 Å². The maximum absolute atomic E-state index is 13.6. The molecule has 0 radical (unpaired) electrons. The second-order valence-electron chi connectivity index (χ2n) is 9.79. The number of carbonyl (C=O) groups excluding carboxylic acids is 2. The van der Waals surface area contributed by atoms with Crippen LogP contribution in [0.5, 0.6) is 0 Å². The highest BCUT2D eigenvalue weighted by Gasteiger charge is 2.24. The lowest BCUT2D eigenvalue weighted by Crippen LogP contribution is -2.45. The van der Waals surface area contributed by atoms with Crippen molar-refractivity contribution in [3.63, 3.8) is 0 Å². The lowest BCUT2D eigenvalue weighted by atomic mass is 10.0. The van der Waals surface area contributed by atoms with Gasteiger partial charge >= 0.3 is 0 Å². The van der Waals surface area contributed by atoms with Crippen molar-refractivity contribution in [1.82, 2.24) is 10.0 Å². The molecule has 0 unspecified atom stereocenters. The third kappa shape index (κ3) is 7.13. The summed E-state index contributed by atoms with van der Waals surface area (Å²) in [7, 11) is 0. The van der Waals surface area contributed by atoms with Crippen molar-refractivity contribution in [1.29, 1.82) is 0 Å². The third-order valence-electron chi connectivity index (χ3n) is 5.65. The average Bonchev–Trinajstić information content (AvgIpc) is 2.88. The lowest BCUT2D eigenvalue weighted by Gasteiger charge is -2.21. The maximum atomic E-state index is 13.6. The van der Waals surface area contributed by atoms with Crippen molar-refractivity contribution in [2.24, 2.45) is 0 Å². The molecule has 4 aromatic rings. The Balaban J connectivity index is 1.61. The maximum Gasteiger partial charge on any atom is 0.251 e. The van der Waals surface area contributed by atoms with Gasteiger partial charge in [-0.3, -0.25) is 14.3 Å². The number of carbonyl (C=O) groups is 2. The van der Waals surface area contributed by atoms with E-state index in [-0.39, 0.29) is 23.8 Å². The smallest absolute Gasteiger partial charge is 0.251 e. The molecule has 0 aliphatic rings. The SMILES string of the molecule is CC(C)(C)NSc1cccc2c(NC(=O)[C@H](Cc3ccccc3Cl)NC(=O)c3ccccc3)cccc12. The van der Waals surface area contributed by atoms with Gasteiger partial charge in [0.05, 0.1) is 0 Å². The Morgan fingerprint density at radius 2 is 1.51 bits per heavy atom. The second-order valence-corrected chi connectivity index (χ2v) is 11.0. The molecular weight excluding hydrogens is 502 g/mol. The monoisotopic (exact) mass is 531 g/mol. The predicted molar refractivity (Wildman–Crippen MR) is 154 cm³/mol. The van der Waals surface area contributed by atoms with E-state index in [1.54, 1.807) is 42.3 Å². The number of hydrogen-bond donors (Lipinski definition) is 3. The Kier molecular flexibility index (Phi) is 8.54. The van der Waals surface area contributed by atoms with E-state index < -0.39 is 6.04 Å². The molecule has 4 rings (SSSR count). The highest BCUT2D eigenvalue weighted by Crippen LogP contribution is 2.32. The van der Waals surface area contributed by atoms with Gasteiger partial charge in [0.15, 0.2) is 0 Å². The standard InChI is InChI=1S/C30H30ClN3O2S/c1-30(2,3)34-37-27-18-10-14-22-23(27)15-9-17-25(22)32-29(36)26(19-21-13-7-8-16-24(21)31)33-28(35)20-11-5-4-6-12-20/h4-18,26,34H,19H2,1-3H3,(H,32,36)(H,33,35)/t26-/m0/s1. The molecule has 0 aliphatic carbocycles. The van der Waals surface area contributed by atoms with E-state index in [1.807, 2.05) is 54.6 Å². The van der Waals surface area contributed by atoms with Crippen LogP contribution in [-0.4, -0.2) is 23.4 Å². The summed E-state index contributed by atoms with van der Waals surface area (Å²) in [4.78, 5) is 27.6. The van der Waals surface area contributed by atoms with E-state index in [0.29, 0.717) is 16.3 Å². The lowest BCUT2D eigenvalue weighted by molar-refractivity contribution is -0.118. The number of amides is 2. The van der Waals surface area contributed by atoms with Crippen molar-refractivity contribution in [3.05, 3.63) is 107 Å². The van der Waals surface area contributed by atoms with Crippen molar-refractivity contribution in [2.75, 3.05) is 5.32 Å². The van der Waals surface area contributed by atoms with Crippen LogP contribution in [0.15, 0.2) is 95.9 Å². The molecule has 2 amide bonds. The Morgan fingerprint density at radius 3 is 2.24 bits per heavy atom. The topological polar surface area (TPSA) is 70.2 Å². The largest absolute Gasteiger partial charge is 0.340 e. The van der Waals surface area contributed by atoms with E-state index >= 15 is 0 Å². The Hall–Kier alpha value is -3.32. The van der Waals surface area contributed by atoms with Gasteiger partial charge in [-0.15, -0.1) is 0 Å². The van der Waals surface area contributed by atoms with E-state index in [0.717, 1.165) is 21.2 Å². The van der Waals surface area contributed by atoms with Crippen molar-refractivity contribution < 1.29 is 9.59 Å². The number of halogens is 1. The molecule has 3 N–H and O–H groups in total. The highest BCUT2D eigenvalue weighted by atomic mass is 35.5. The number of nitrogens with one attached hydrogen (secondary N) is 3. The van der Waals surface area contributed by atoms with Crippen LogP contribution in [-0.2, 0) is 11.2 Å². The summed E-state index contributed by atoms with van der Waals surface area (Å²) in [5.74, 6) is -0.639. The minimum Gasteiger partial charge on any atom is -0.340 e. The van der Waals surface area contributed by atoms with Gasteiger partial charge in [-0.1, -0.05) is 72.3 Å². The Bertz CT molecular complexity index is 1400. The highest BCUT2D eigenvalue weighted by molar-refractivity contribution is 7.97. The van der Waals surface area contributed by atoms with Crippen LogP contribution in [0.3, 0.4) is 0 Å². The Labute approximate surface area is 227 Å². The van der Waals surface area contributed by atoms with Gasteiger partial charge in [-0.2, -0.15) is 0 Å². The summed E-state index contributed by atoms with van der Waals surface area (Å²) in [6, 6.07) is 27.2. The molecule has 0 saturated carbocycles. The van der Waals surface area contributed by atoms with Gasteiger partial charge in [0.2, 0.25) is 5.91 Å². The minimum atomic E-state index is -0.831. The summed E-state index contributed by atoms with van der Waals surface area (Å²) >= 11 is 7.96. The van der Waals surface area contributed by atoms with E-state index in [2.05, 4.69) is 42.2 Å². The van der Waals surface area contributed by atoms with E-state index in [1.165, 1.54) is 0 Å². The summed E-state index contributed by atoms with van der Waals surface area (Å²) in [6.07, 6.45) is 0.255. The summed E-state index contributed by atoms with van der Waals surface area (Å²) in [5.41, 5.74) is 1.89. The molecule has 0 fully saturated rings. The zero-order valence-corrected chi connectivity index (χ0v) is 22.6. The molecule has 0 aromatic heterocycles. The summed E-state index contributed by atoms with van der Waals surface area (Å²) in [5, 5.41) is 8.45. The summed E-state index contributed by atoms with van der Waals surface area (Å²) in [6.45, 7) is 6.33. The number of benzene rings is 4. The fourth-order valence-corrected chi connectivity index (χ4v) is 4.89.